The molecule has 0 aliphatic heterocycles. The molecular formula is C46H57HfSi. The average molecular weight is 817 g/mol. The van der Waals surface area contributed by atoms with Crippen molar-refractivity contribution in [1.29, 1.82) is 0 Å². The van der Waals surface area contributed by atoms with Gasteiger partial charge < -0.3 is 0 Å². The Morgan fingerprint density at radius 1 is 0.542 bits per heavy atom. The standard InChI is InChI=1S/2C22H25.C2H7Si.Hf/c2*1-5-7-16-14-18-8-6-9-20(21(18)15-16)17-10-12-19(13-11-17)22(2,3)4;1-3-2;/h2*6,8-15H,5,7H2,1-4H3;3H,1-2H3;. The fourth-order valence-electron chi connectivity index (χ4n) is 8.36. The fourth-order valence-corrected chi connectivity index (χ4v) is 40.8. The van der Waals surface area contributed by atoms with Crippen molar-refractivity contribution in [3.05, 3.63) is 129 Å². The van der Waals surface area contributed by atoms with Gasteiger partial charge in [-0.2, -0.15) is 0 Å². The van der Waals surface area contributed by atoms with Crippen molar-refractivity contribution in [2.45, 2.75) is 112 Å². The minimum absolute atomic E-state index is 0.164. The molecule has 48 heavy (non-hydrogen) atoms. The van der Waals surface area contributed by atoms with Crippen LogP contribution in [0.15, 0.2) is 96.1 Å². The first-order valence-corrected chi connectivity index (χ1v) is 31.8. The Bertz CT molecular complexity index is 1690. The maximum absolute atomic E-state index is 2.72. The van der Waals surface area contributed by atoms with Crippen LogP contribution >= 0.6 is 0 Å². The van der Waals surface area contributed by atoms with Crippen LogP contribution in [0.3, 0.4) is 0 Å². The van der Waals surface area contributed by atoms with Gasteiger partial charge in [-0.3, -0.25) is 0 Å². The summed E-state index contributed by atoms with van der Waals surface area (Å²) in [5.41, 5.74) is 18.6. The van der Waals surface area contributed by atoms with E-state index in [9.17, 15) is 0 Å². The van der Waals surface area contributed by atoms with Crippen LogP contribution in [0.5, 0.6) is 0 Å². The van der Waals surface area contributed by atoms with E-state index in [0.29, 0.717) is 7.35 Å². The molecule has 0 amide bonds. The van der Waals surface area contributed by atoms with Crippen LogP contribution in [0.1, 0.15) is 122 Å². The van der Waals surface area contributed by atoms with Gasteiger partial charge in [0.2, 0.25) is 0 Å². The van der Waals surface area contributed by atoms with Crippen molar-refractivity contribution in [2.24, 2.45) is 0 Å². The molecule has 0 nitrogen and oxygen atoms in total. The molecule has 0 aromatic heterocycles. The first kappa shape index (κ1) is 35.3. The number of hydrogen-bond acceptors (Lipinski definition) is 0. The second kappa shape index (κ2) is 14.0. The molecule has 249 valence electrons. The average Bonchev–Trinajstić information content (AvgIpc) is 3.59. The summed E-state index contributed by atoms with van der Waals surface area (Å²) >= 11 is -2.41. The molecule has 2 atom stereocenters. The van der Waals surface area contributed by atoms with E-state index in [0.717, 1.165) is 0 Å². The van der Waals surface area contributed by atoms with Gasteiger partial charge in [0.15, 0.2) is 0 Å². The van der Waals surface area contributed by atoms with Crippen LogP contribution in [-0.4, -0.2) is 5.98 Å². The third-order valence-corrected chi connectivity index (χ3v) is 41.7. The summed E-state index contributed by atoms with van der Waals surface area (Å²) in [4.78, 5) is 0. The quantitative estimate of drug-likeness (QED) is 0.148. The van der Waals surface area contributed by atoms with Crippen molar-refractivity contribution in [3.63, 3.8) is 0 Å². The Kier molecular flexibility index (Phi) is 10.3. The monoisotopic (exact) mass is 817 g/mol. The predicted molar refractivity (Wildman–Crippen MR) is 211 cm³/mol. The van der Waals surface area contributed by atoms with E-state index in [4.69, 9.17) is 0 Å². The van der Waals surface area contributed by atoms with Crippen molar-refractivity contribution in [3.8, 4) is 22.3 Å². The predicted octanol–water partition coefficient (Wildman–Crippen LogP) is 13.4. The topological polar surface area (TPSA) is 0 Å². The fraction of sp³-hybridized carbons (Fsp3) is 0.391. The zero-order valence-corrected chi connectivity index (χ0v) is 36.0. The van der Waals surface area contributed by atoms with Gasteiger partial charge in [0.05, 0.1) is 0 Å². The van der Waals surface area contributed by atoms with Crippen molar-refractivity contribution >= 4 is 18.1 Å². The van der Waals surface area contributed by atoms with Crippen LogP contribution in [0.4, 0.5) is 0 Å². The molecule has 2 aliphatic carbocycles. The minimum atomic E-state index is -2.41. The molecule has 2 heteroatoms. The Hall–Kier alpha value is -2.55. The molecule has 0 heterocycles. The molecule has 0 spiro atoms. The zero-order chi connectivity index (χ0) is 34.4. The summed E-state index contributed by atoms with van der Waals surface area (Å²) < 4.78 is 1.38. The van der Waals surface area contributed by atoms with Crippen LogP contribution in [-0.2, 0) is 31.4 Å². The third-order valence-electron chi connectivity index (χ3n) is 10.8. The van der Waals surface area contributed by atoms with Gasteiger partial charge in [-0.1, -0.05) is 0 Å². The number of benzene rings is 4. The summed E-state index contributed by atoms with van der Waals surface area (Å²) in [6.07, 6.45) is 10.2. The molecule has 6 rings (SSSR count). The summed E-state index contributed by atoms with van der Waals surface area (Å²) in [5.74, 6) is -0.936. The number of rotatable bonds is 9. The van der Waals surface area contributed by atoms with Crippen LogP contribution < -0.4 is 0 Å². The van der Waals surface area contributed by atoms with Crippen LogP contribution in [0, 0.1) is 0 Å². The van der Waals surface area contributed by atoms with Gasteiger partial charge in [0, 0.05) is 0 Å². The van der Waals surface area contributed by atoms with Gasteiger partial charge in [-0.05, 0) is 0 Å². The van der Waals surface area contributed by atoms with Crippen molar-refractivity contribution < 1.29 is 20.6 Å². The Balaban J connectivity index is 1.46. The molecule has 0 saturated carbocycles. The van der Waals surface area contributed by atoms with E-state index in [1.165, 1.54) is 70.2 Å². The third kappa shape index (κ3) is 6.78. The SMILES string of the molecule is CCCC1=Cc2c(-c3ccc(C(C)(C)C)cc3)cccc2[CH]1[Hf]([CH]1C(CCC)=Cc2c(-c3ccc(C(C)(C)C)cc3)cccc21)[SiH](C)C. The van der Waals surface area contributed by atoms with Crippen LogP contribution in [0.25, 0.3) is 34.4 Å². The number of allylic oxidation sites excluding steroid dienone is 2. The molecule has 2 aliphatic rings. The summed E-state index contributed by atoms with van der Waals surface area (Å²) in [7, 11) is 0. The van der Waals surface area contributed by atoms with Crippen LogP contribution in [0.2, 0.25) is 13.1 Å². The number of hydrogen-bond donors (Lipinski definition) is 0. The Labute approximate surface area is 300 Å². The first-order valence-electron chi connectivity index (χ1n) is 18.6. The molecular weight excluding hydrogens is 759 g/mol. The normalized spacial score (nSPS) is 17.3. The summed E-state index contributed by atoms with van der Waals surface area (Å²) in [6, 6.07) is 33.5. The maximum atomic E-state index is 2.72. The zero-order valence-electron chi connectivity index (χ0n) is 31.3. The van der Waals surface area contributed by atoms with E-state index < -0.39 is 26.6 Å². The molecule has 0 bridgehead atoms. The summed E-state index contributed by atoms with van der Waals surface area (Å²) in [5, 5.41) is 0. The van der Waals surface area contributed by atoms with E-state index in [1.807, 2.05) is 0 Å². The van der Waals surface area contributed by atoms with Gasteiger partial charge in [0.1, 0.15) is 0 Å². The second-order valence-electron chi connectivity index (χ2n) is 16.7. The molecule has 4 aromatic carbocycles. The number of fused-ring (bicyclic) bond motifs is 2. The van der Waals surface area contributed by atoms with E-state index in [1.54, 1.807) is 22.3 Å². The first-order chi connectivity index (χ1) is 22.8. The van der Waals surface area contributed by atoms with Gasteiger partial charge >= 0.3 is 303 Å². The molecule has 2 unspecified atom stereocenters. The molecule has 0 N–H and O–H groups in total. The van der Waals surface area contributed by atoms with E-state index in [2.05, 4.69) is 166 Å². The second-order valence-corrected chi connectivity index (χ2v) is 44.7. The Morgan fingerprint density at radius 2 is 0.917 bits per heavy atom. The van der Waals surface area contributed by atoms with Gasteiger partial charge in [0.25, 0.3) is 0 Å². The van der Waals surface area contributed by atoms with Crippen molar-refractivity contribution in [2.75, 3.05) is 0 Å². The Morgan fingerprint density at radius 3 is 1.23 bits per heavy atom. The summed E-state index contributed by atoms with van der Waals surface area (Å²) in [6.45, 7) is 24.1. The van der Waals surface area contributed by atoms with E-state index >= 15 is 0 Å². The van der Waals surface area contributed by atoms with E-state index in [-0.39, 0.29) is 10.8 Å². The molecule has 0 fully saturated rings. The molecule has 0 radical (unpaired) electrons. The molecule has 4 aromatic rings. The van der Waals surface area contributed by atoms with Crippen molar-refractivity contribution in [1.82, 2.24) is 0 Å². The molecule has 0 saturated heterocycles. The van der Waals surface area contributed by atoms with Gasteiger partial charge in [-0.15, -0.1) is 0 Å². The van der Waals surface area contributed by atoms with Gasteiger partial charge in [-0.25, -0.2) is 0 Å².